The highest BCUT2D eigenvalue weighted by atomic mass is 16.1. The molecule has 2 aliphatic carbocycles. The summed E-state index contributed by atoms with van der Waals surface area (Å²) in [5.74, 6) is 2.34. The van der Waals surface area contributed by atoms with Crippen molar-refractivity contribution in [2.45, 2.75) is 58.8 Å². The van der Waals surface area contributed by atoms with Crippen molar-refractivity contribution in [2.75, 3.05) is 0 Å². The van der Waals surface area contributed by atoms with Crippen LogP contribution in [0.3, 0.4) is 0 Å². The lowest BCUT2D eigenvalue weighted by Gasteiger charge is -2.49. The summed E-state index contributed by atoms with van der Waals surface area (Å²) in [5, 5.41) is 8.78. The van der Waals surface area contributed by atoms with Crippen LogP contribution in [0.2, 0.25) is 0 Å². The van der Waals surface area contributed by atoms with Gasteiger partial charge in [0.05, 0.1) is 12.5 Å². The molecule has 4 unspecified atom stereocenters. The summed E-state index contributed by atoms with van der Waals surface area (Å²) < 4.78 is 0. The summed E-state index contributed by atoms with van der Waals surface area (Å²) in [6.07, 6.45) is 7.04. The monoisotopic (exact) mass is 233 g/mol. The first-order valence-corrected chi connectivity index (χ1v) is 7.00. The number of nitrogens with zero attached hydrogens (tertiary/aromatic N) is 1. The average Bonchev–Trinajstić information content (AvgIpc) is 2.27. The van der Waals surface area contributed by atoms with E-state index in [0.29, 0.717) is 11.8 Å². The number of carbonyl (C=O) groups is 1. The third kappa shape index (κ3) is 2.39. The number of nitriles is 1. The molecule has 2 bridgehead atoms. The van der Waals surface area contributed by atoms with Gasteiger partial charge in [-0.15, -0.1) is 0 Å². The Morgan fingerprint density at radius 1 is 1.35 bits per heavy atom. The summed E-state index contributed by atoms with van der Waals surface area (Å²) in [6.45, 7) is 4.50. The van der Waals surface area contributed by atoms with Gasteiger partial charge in [0.25, 0.3) is 0 Å². The van der Waals surface area contributed by atoms with Gasteiger partial charge in [-0.05, 0) is 49.9 Å². The first kappa shape index (κ1) is 12.6. The van der Waals surface area contributed by atoms with Gasteiger partial charge < -0.3 is 0 Å². The van der Waals surface area contributed by atoms with Crippen LogP contribution in [0.25, 0.3) is 0 Å². The Morgan fingerprint density at radius 2 is 2.12 bits per heavy atom. The van der Waals surface area contributed by atoms with Gasteiger partial charge in [-0.2, -0.15) is 5.26 Å². The number of carbonyl (C=O) groups excluding carboxylic acids is 1. The second-order valence-electron chi connectivity index (χ2n) is 6.37. The molecule has 0 heterocycles. The largest absolute Gasteiger partial charge is 0.298 e. The molecule has 17 heavy (non-hydrogen) atoms. The topological polar surface area (TPSA) is 40.9 Å². The van der Waals surface area contributed by atoms with Crippen LogP contribution in [0.15, 0.2) is 0 Å². The Labute approximate surface area is 104 Å². The molecule has 2 nitrogen and oxygen atoms in total. The zero-order chi connectivity index (χ0) is 12.5. The van der Waals surface area contributed by atoms with Gasteiger partial charge in [-0.1, -0.05) is 20.3 Å². The lowest BCUT2D eigenvalue weighted by Crippen LogP contribution is -2.44. The van der Waals surface area contributed by atoms with E-state index in [0.717, 1.165) is 25.2 Å². The molecule has 4 atom stereocenters. The third-order valence-electron chi connectivity index (χ3n) is 4.91. The summed E-state index contributed by atoms with van der Waals surface area (Å²) in [6, 6.07) is 2.06. The molecular formula is C15H23NO. The van der Waals surface area contributed by atoms with Crippen LogP contribution in [0, 0.1) is 34.5 Å². The van der Waals surface area contributed by atoms with Crippen molar-refractivity contribution in [1.29, 1.82) is 5.26 Å². The van der Waals surface area contributed by atoms with Gasteiger partial charge in [0.2, 0.25) is 0 Å². The van der Waals surface area contributed by atoms with E-state index in [9.17, 15) is 4.79 Å². The van der Waals surface area contributed by atoms with E-state index in [1.54, 1.807) is 0 Å². The van der Waals surface area contributed by atoms with E-state index < -0.39 is 0 Å². The van der Waals surface area contributed by atoms with E-state index in [-0.39, 0.29) is 17.6 Å². The van der Waals surface area contributed by atoms with Crippen molar-refractivity contribution in [3.63, 3.8) is 0 Å². The predicted molar refractivity (Wildman–Crippen MR) is 67.2 cm³/mol. The van der Waals surface area contributed by atoms with E-state index in [1.165, 1.54) is 19.3 Å². The molecule has 2 aliphatic rings. The molecular weight excluding hydrogens is 210 g/mol. The Hall–Kier alpha value is -0.840. The van der Waals surface area contributed by atoms with Gasteiger partial charge in [0.15, 0.2) is 5.78 Å². The highest BCUT2D eigenvalue weighted by Crippen LogP contribution is 2.54. The van der Waals surface area contributed by atoms with E-state index in [2.05, 4.69) is 19.9 Å². The van der Waals surface area contributed by atoms with Crippen LogP contribution in [-0.4, -0.2) is 5.78 Å². The van der Waals surface area contributed by atoms with E-state index in [4.69, 9.17) is 5.26 Å². The number of fused-ring (bicyclic) bond motifs is 2. The van der Waals surface area contributed by atoms with Gasteiger partial charge in [0, 0.05) is 5.41 Å². The minimum absolute atomic E-state index is 0.121. The van der Waals surface area contributed by atoms with Crippen LogP contribution in [-0.2, 0) is 4.79 Å². The average molecular weight is 233 g/mol. The molecule has 0 saturated heterocycles. The molecule has 2 heteroatoms. The van der Waals surface area contributed by atoms with Gasteiger partial charge in [-0.25, -0.2) is 0 Å². The summed E-state index contributed by atoms with van der Waals surface area (Å²) in [5.41, 5.74) is -0.128. The molecule has 2 rings (SSSR count). The third-order valence-corrected chi connectivity index (χ3v) is 4.91. The number of hydrogen-bond acceptors (Lipinski definition) is 2. The van der Waals surface area contributed by atoms with Crippen LogP contribution < -0.4 is 0 Å². The second kappa shape index (κ2) is 4.80. The Kier molecular flexibility index (Phi) is 3.56. The standard InChI is InChI=1S/C15H23NO/c1-3-12-7-13-6-11(2)8-15(9-12,10-13)14(17)4-5-16/h11-13H,3-4,6-10H2,1-2H3. The minimum Gasteiger partial charge on any atom is -0.298 e. The number of ketones is 1. The predicted octanol–water partition coefficient (Wildman–Crippen LogP) is 3.71. The Morgan fingerprint density at radius 3 is 2.76 bits per heavy atom. The normalized spacial score (nSPS) is 40.6. The van der Waals surface area contributed by atoms with Crippen LogP contribution in [0.5, 0.6) is 0 Å². The van der Waals surface area contributed by atoms with Crippen molar-refractivity contribution in [3.05, 3.63) is 0 Å². The van der Waals surface area contributed by atoms with Gasteiger partial charge in [-0.3, -0.25) is 4.79 Å². The maximum absolute atomic E-state index is 12.3. The van der Waals surface area contributed by atoms with E-state index >= 15 is 0 Å². The van der Waals surface area contributed by atoms with Crippen molar-refractivity contribution < 1.29 is 4.79 Å². The van der Waals surface area contributed by atoms with Crippen LogP contribution >= 0.6 is 0 Å². The lowest BCUT2D eigenvalue weighted by molar-refractivity contribution is -0.136. The molecule has 2 saturated carbocycles. The second-order valence-corrected chi connectivity index (χ2v) is 6.37. The fourth-order valence-corrected chi connectivity index (χ4v) is 4.40. The molecule has 0 N–H and O–H groups in total. The molecule has 94 valence electrons. The zero-order valence-electron chi connectivity index (χ0n) is 11.0. The van der Waals surface area contributed by atoms with Crippen molar-refractivity contribution in [3.8, 4) is 6.07 Å². The van der Waals surface area contributed by atoms with Crippen molar-refractivity contribution in [1.82, 2.24) is 0 Å². The molecule has 0 aromatic rings. The van der Waals surface area contributed by atoms with E-state index in [1.807, 2.05) is 0 Å². The number of hydrogen-bond donors (Lipinski definition) is 0. The maximum atomic E-state index is 12.3. The highest BCUT2D eigenvalue weighted by Gasteiger charge is 2.48. The smallest absolute Gasteiger partial charge is 0.153 e. The van der Waals surface area contributed by atoms with Gasteiger partial charge in [0.1, 0.15) is 0 Å². The maximum Gasteiger partial charge on any atom is 0.153 e. The fraction of sp³-hybridized carbons (Fsp3) is 0.867. The quantitative estimate of drug-likeness (QED) is 0.745. The highest BCUT2D eigenvalue weighted by molar-refractivity contribution is 5.86. The van der Waals surface area contributed by atoms with Crippen molar-refractivity contribution in [2.24, 2.45) is 23.2 Å². The van der Waals surface area contributed by atoms with Crippen LogP contribution in [0.1, 0.15) is 58.8 Å². The molecule has 0 radical (unpaired) electrons. The number of Topliss-reactive ketones (excluding diaryl/α,β-unsaturated/α-hetero) is 1. The Balaban J connectivity index is 2.21. The Bertz CT molecular complexity index is 339. The number of rotatable bonds is 3. The first-order chi connectivity index (χ1) is 8.09. The van der Waals surface area contributed by atoms with Crippen LogP contribution in [0.4, 0.5) is 0 Å². The minimum atomic E-state index is -0.128. The summed E-state index contributed by atoms with van der Waals surface area (Å²) in [4.78, 5) is 12.3. The molecule has 0 spiro atoms. The fourth-order valence-electron chi connectivity index (χ4n) is 4.40. The summed E-state index contributed by atoms with van der Waals surface area (Å²) >= 11 is 0. The SMILES string of the molecule is CCC1CC2CC(C)CC(C(=O)CC#N)(C1)C2. The zero-order valence-corrected chi connectivity index (χ0v) is 11.0. The molecule has 0 aromatic heterocycles. The van der Waals surface area contributed by atoms with Crippen molar-refractivity contribution >= 4 is 5.78 Å². The van der Waals surface area contributed by atoms with Gasteiger partial charge >= 0.3 is 0 Å². The first-order valence-electron chi connectivity index (χ1n) is 7.00. The lowest BCUT2D eigenvalue weighted by atomic mass is 9.54. The molecule has 2 fully saturated rings. The molecule has 0 amide bonds. The molecule has 0 aromatic carbocycles. The molecule has 0 aliphatic heterocycles. The summed E-state index contributed by atoms with van der Waals surface area (Å²) in [7, 11) is 0.